The maximum absolute atomic E-state index is 11.7. The van der Waals surface area contributed by atoms with Gasteiger partial charge in [-0.3, -0.25) is 0 Å². The molecule has 1 aromatic rings. The number of hydrogen-bond donors (Lipinski definition) is 0. The molecule has 1 rings (SSSR count). The molecule has 0 aliphatic carbocycles. The van der Waals surface area contributed by atoms with Crippen LogP contribution < -0.4 is 9.47 Å². The summed E-state index contributed by atoms with van der Waals surface area (Å²) in [4.78, 5) is 11.7. The lowest BCUT2D eigenvalue weighted by Gasteiger charge is -2.17. The van der Waals surface area contributed by atoms with E-state index in [1.807, 2.05) is 13.0 Å². The van der Waals surface area contributed by atoms with Gasteiger partial charge in [0.15, 0.2) is 11.5 Å². The predicted octanol–water partition coefficient (Wildman–Crippen LogP) is 2.75. The van der Waals surface area contributed by atoms with Crippen LogP contribution in [0.2, 0.25) is 0 Å². The quantitative estimate of drug-likeness (QED) is 0.756. The van der Waals surface area contributed by atoms with E-state index in [4.69, 9.17) is 14.2 Å². The second kappa shape index (κ2) is 6.28. The van der Waals surface area contributed by atoms with Crippen molar-refractivity contribution in [2.24, 2.45) is 0 Å². The van der Waals surface area contributed by atoms with Gasteiger partial charge in [0.05, 0.1) is 26.9 Å². The topological polar surface area (TPSA) is 44.8 Å². The van der Waals surface area contributed by atoms with Crippen molar-refractivity contribution in [3.8, 4) is 11.5 Å². The van der Waals surface area contributed by atoms with Gasteiger partial charge >= 0.3 is 5.97 Å². The van der Waals surface area contributed by atoms with E-state index in [9.17, 15) is 4.79 Å². The van der Waals surface area contributed by atoms with Gasteiger partial charge in [0.2, 0.25) is 0 Å². The monoisotopic (exact) mass is 252 g/mol. The lowest BCUT2D eigenvalue weighted by molar-refractivity contribution is 0.0599. The summed E-state index contributed by atoms with van der Waals surface area (Å²) in [5, 5.41) is 0. The van der Waals surface area contributed by atoms with E-state index < -0.39 is 0 Å². The number of aryl methyl sites for hydroxylation is 1. The summed E-state index contributed by atoms with van der Waals surface area (Å²) < 4.78 is 15.5. The van der Waals surface area contributed by atoms with E-state index in [-0.39, 0.29) is 5.97 Å². The van der Waals surface area contributed by atoms with Crippen molar-refractivity contribution in [3.63, 3.8) is 0 Å². The Kier molecular flexibility index (Phi) is 5.01. The fraction of sp³-hybridized carbons (Fsp3) is 0.500. The maximum Gasteiger partial charge on any atom is 0.338 e. The summed E-state index contributed by atoms with van der Waals surface area (Å²) in [5.74, 6) is 0.944. The molecular weight excluding hydrogens is 232 g/mol. The summed E-state index contributed by atoms with van der Waals surface area (Å²) in [7, 11) is 4.55. The summed E-state index contributed by atoms with van der Waals surface area (Å²) in [5.41, 5.74) is 2.22. The summed E-state index contributed by atoms with van der Waals surface area (Å²) in [6.07, 6.45) is 1.78. The van der Waals surface area contributed by atoms with Crippen molar-refractivity contribution in [3.05, 3.63) is 22.8 Å². The zero-order valence-electron chi connectivity index (χ0n) is 11.6. The molecule has 4 heteroatoms. The number of methoxy groups -OCH3 is 3. The molecule has 1 aromatic carbocycles. The maximum atomic E-state index is 11.7. The molecule has 0 amide bonds. The zero-order valence-corrected chi connectivity index (χ0v) is 11.6. The van der Waals surface area contributed by atoms with Gasteiger partial charge in [0, 0.05) is 5.56 Å². The van der Waals surface area contributed by atoms with Gasteiger partial charge < -0.3 is 14.2 Å². The minimum atomic E-state index is -0.356. The number of esters is 1. The molecule has 0 N–H and O–H groups in total. The average molecular weight is 252 g/mol. The molecule has 0 fully saturated rings. The van der Waals surface area contributed by atoms with Gasteiger partial charge in [-0.1, -0.05) is 13.3 Å². The van der Waals surface area contributed by atoms with Crippen molar-refractivity contribution < 1.29 is 19.0 Å². The van der Waals surface area contributed by atoms with E-state index in [0.717, 1.165) is 24.0 Å². The molecule has 4 nitrogen and oxygen atoms in total. The Morgan fingerprint density at radius 2 is 1.78 bits per heavy atom. The van der Waals surface area contributed by atoms with Crippen molar-refractivity contribution in [2.45, 2.75) is 26.7 Å². The number of rotatable bonds is 5. The first kappa shape index (κ1) is 14.4. The highest BCUT2D eigenvalue weighted by Crippen LogP contribution is 2.37. The largest absolute Gasteiger partial charge is 0.493 e. The van der Waals surface area contributed by atoms with Crippen LogP contribution in [0.5, 0.6) is 11.5 Å². The highest BCUT2D eigenvalue weighted by molar-refractivity contribution is 5.92. The van der Waals surface area contributed by atoms with Crippen molar-refractivity contribution in [2.75, 3.05) is 21.3 Å². The molecule has 0 atom stereocenters. The predicted molar refractivity (Wildman–Crippen MR) is 69.6 cm³/mol. The zero-order chi connectivity index (χ0) is 13.7. The van der Waals surface area contributed by atoms with Crippen LogP contribution in [0.15, 0.2) is 6.07 Å². The molecule has 0 aliphatic heterocycles. The van der Waals surface area contributed by atoms with Crippen molar-refractivity contribution >= 4 is 5.97 Å². The van der Waals surface area contributed by atoms with Gasteiger partial charge in [-0.25, -0.2) is 4.79 Å². The second-order valence-corrected chi connectivity index (χ2v) is 4.02. The van der Waals surface area contributed by atoms with E-state index in [0.29, 0.717) is 17.1 Å². The van der Waals surface area contributed by atoms with E-state index >= 15 is 0 Å². The first-order valence-electron chi connectivity index (χ1n) is 5.93. The van der Waals surface area contributed by atoms with E-state index in [1.165, 1.54) is 7.11 Å². The summed E-state index contributed by atoms with van der Waals surface area (Å²) >= 11 is 0. The molecule has 100 valence electrons. The average Bonchev–Trinajstić information content (AvgIpc) is 2.39. The molecule has 0 unspecified atom stereocenters. The van der Waals surface area contributed by atoms with Crippen LogP contribution in [-0.4, -0.2) is 27.3 Å². The fourth-order valence-corrected chi connectivity index (χ4v) is 2.03. The number of benzene rings is 1. The van der Waals surface area contributed by atoms with Crippen LogP contribution in [0.1, 0.15) is 34.8 Å². The second-order valence-electron chi connectivity index (χ2n) is 4.02. The lowest BCUT2D eigenvalue weighted by Crippen LogP contribution is -2.08. The van der Waals surface area contributed by atoms with Gasteiger partial charge in [-0.2, -0.15) is 0 Å². The number of carbonyl (C=O) groups is 1. The van der Waals surface area contributed by atoms with Crippen molar-refractivity contribution in [1.82, 2.24) is 0 Å². The van der Waals surface area contributed by atoms with Gasteiger partial charge in [0.25, 0.3) is 0 Å². The Morgan fingerprint density at radius 3 is 2.22 bits per heavy atom. The summed E-state index contributed by atoms with van der Waals surface area (Å²) in [6.45, 7) is 3.90. The van der Waals surface area contributed by atoms with E-state index in [1.54, 1.807) is 14.2 Å². The van der Waals surface area contributed by atoms with Crippen LogP contribution in [0.25, 0.3) is 0 Å². The van der Waals surface area contributed by atoms with Crippen LogP contribution >= 0.6 is 0 Å². The highest BCUT2D eigenvalue weighted by atomic mass is 16.5. The molecule has 0 radical (unpaired) electrons. The number of carbonyl (C=O) groups excluding carboxylic acids is 1. The van der Waals surface area contributed by atoms with E-state index in [2.05, 4.69) is 6.92 Å². The van der Waals surface area contributed by atoms with Gasteiger partial charge in [0.1, 0.15) is 0 Å². The fourth-order valence-electron chi connectivity index (χ4n) is 2.03. The molecular formula is C14H20O4. The lowest BCUT2D eigenvalue weighted by atomic mass is 9.99. The molecule has 0 saturated carbocycles. The first-order chi connectivity index (χ1) is 8.60. The molecule has 0 spiro atoms. The SMILES string of the molecule is CCCc1cc(C(=O)OC)c(C)c(OC)c1OC. The van der Waals surface area contributed by atoms with Gasteiger partial charge in [-0.05, 0) is 25.0 Å². The van der Waals surface area contributed by atoms with Crippen LogP contribution in [0, 0.1) is 6.92 Å². The first-order valence-corrected chi connectivity index (χ1v) is 5.93. The van der Waals surface area contributed by atoms with Crippen LogP contribution in [0.3, 0.4) is 0 Å². The normalized spacial score (nSPS) is 10.1. The Balaban J connectivity index is 3.47. The molecule has 0 heterocycles. The third-order valence-electron chi connectivity index (χ3n) is 2.89. The van der Waals surface area contributed by atoms with Crippen LogP contribution in [0.4, 0.5) is 0 Å². The van der Waals surface area contributed by atoms with Gasteiger partial charge in [-0.15, -0.1) is 0 Å². The van der Waals surface area contributed by atoms with Crippen molar-refractivity contribution in [1.29, 1.82) is 0 Å². The Morgan fingerprint density at radius 1 is 1.17 bits per heavy atom. The molecule has 18 heavy (non-hydrogen) atoms. The molecule has 0 saturated heterocycles. The third kappa shape index (κ3) is 2.58. The Labute approximate surface area is 108 Å². The molecule has 0 aliphatic rings. The molecule has 0 bridgehead atoms. The smallest absolute Gasteiger partial charge is 0.338 e. The standard InChI is InChI=1S/C14H20O4/c1-6-7-10-8-11(14(15)18-5)9(2)12(16-3)13(10)17-4/h8H,6-7H2,1-5H3. The number of hydrogen-bond acceptors (Lipinski definition) is 4. The minimum absolute atomic E-state index is 0.356. The van der Waals surface area contributed by atoms with Crippen LogP contribution in [-0.2, 0) is 11.2 Å². The highest BCUT2D eigenvalue weighted by Gasteiger charge is 2.20. The molecule has 0 aromatic heterocycles. The third-order valence-corrected chi connectivity index (χ3v) is 2.89. The Bertz CT molecular complexity index is 438. The number of ether oxygens (including phenoxy) is 3. The summed E-state index contributed by atoms with van der Waals surface area (Å²) in [6, 6.07) is 1.83. The minimum Gasteiger partial charge on any atom is -0.493 e. The Hall–Kier alpha value is -1.71.